The number of carbonyl (C=O) groups excluding carboxylic acids is 6. The fourth-order valence-corrected chi connectivity index (χ4v) is 10.3. The molecule has 0 unspecified atom stereocenters. The maximum absolute atomic E-state index is 12.7. The maximum atomic E-state index is 12.7. The summed E-state index contributed by atoms with van der Waals surface area (Å²) in [6.07, 6.45) is 0. The molecule has 3 aliphatic rings. The van der Waals surface area contributed by atoms with Crippen LogP contribution >= 0.6 is 22.6 Å². The molecule has 24 nitrogen and oxygen atoms in total. The normalized spacial score (nSPS) is 12.0. The first-order valence-corrected chi connectivity index (χ1v) is 31.4. The van der Waals surface area contributed by atoms with Crippen molar-refractivity contribution in [3.05, 3.63) is 140 Å². The van der Waals surface area contributed by atoms with Crippen molar-refractivity contribution < 1.29 is 71.4 Å². The van der Waals surface area contributed by atoms with E-state index < -0.39 is 0 Å². The summed E-state index contributed by atoms with van der Waals surface area (Å²) in [4.78, 5) is 82.6. The molecule has 6 amide bonds. The van der Waals surface area contributed by atoms with Gasteiger partial charge in [0.1, 0.15) is 17.2 Å². The van der Waals surface area contributed by atoms with Crippen molar-refractivity contribution in [2.45, 2.75) is 48.5 Å². The number of methoxy groups -OCH3 is 3. The third kappa shape index (κ3) is 19.0. The Morgan fingerprint density at radius 1 is 0.402 bits per heavy atom. The molecule has 3 aliphatic heterocycles. The average Bonchev–Trinajstić information content (AvgIpc) is 1.23. The van der Waals surface area contributed by atoms with E-state index in [-0.39, 0.29) is 55.8 Å². The van der Waals surface area contributed by atoms with Crippen molar-refractivity contribution in [1.29, 1.82) is 0 Å². The van der Waals surface area contributed by atoms with Gasteiger partial charge in [-0.1, -0.05) is 41.5 Å². The zero-order valence-electron chi connectivity index (χ0n) is 53.7. The van der Waals surface area contributed by atoms with E-state index in [1.807, 2.05) is 6.92 Å². The highest BCUT2D eigenvalue weighted by atomic mass is 131. The molecule has 25 heteroatoms. The molecular formula is C67H82IN9O15. The molecule has 0 aliphatic carbocycles. The van der Waals surface area contributed by atoms with Gasteiger partial charge in [0.05, 0.1) is 43.7 Å². The van der Waals surface area contributed by atoms with Crippen LogP contribution in [0.4, 0.5) is 17.1 Å². The first-order valence-electron chi connectivity index (χ1n) is 30.4. The number of rotatable bonds is 27. The molecule has 0 bridgehead atoms. The van der Waals surface area contributed by atoms with E-state index in [1.54, 1.807) is 97.1 Å². The largest absolute Gasteiger partial charge is 0.496 e. The van der Waals surface area contributed by atoms with Crippen molar-refractivity contribution >= 4 is 75.1 Å². The van der Waals surface area contributed by atoms with Crippen LogP contribution in [0.1, 0.15) is 109 Å². The monoisotopic (exact) mass is 1380 g/mol. The van der Waals surface area contributed by atoms with Gasteiger partial charge in [-0.05, 0) is 153 Å². The predicted octanol–water partition coefficient (Wildman–Crippen LogP) is 9.16. The number of carbonyl (C=O) groups is 6. The van der Waals surface area contributed by atoms with Gasteiger partial charge in [-0.2, -0.15) is 0 Å². The Bertz CT molecular complexity index is 3400. The van der Waals surface area contributed by atoms with Gasteiger partial charge in [-0.15, -0.1) is 0 Å². The number of amides is 6. The molecule has 0 saturated carbocycles. The predicted molar refractivity (Wildman–Crippen MR) is 358 cm³/mol. The lowest BCUT2D eigenvalue weighted by Gasteiger charge is -2.19. The van der Waals surface area contributed by atoms with Crippen LogP contribution in [-0.2, 0) is 0 Å². The second-order valence-electron chi connectivity index (χ2n) is 20.7. The smallest absolute Gasteiger partial charge is 0.255 e. The Hall–Kier alpha value is -9.05. The topological polar surface area (TPSA) is 267 Å². The summed E-state index contributed by atoms with van der Waals surface area (Å²) in [5, 5.41) is 17.3. The number of hydrogen-bond acceptors (Lipinski definition) is 18. The molecule has 9 rings (SSSR count). The number of nitrogens with one attached hydrogen (secondary N) is 6. The third-order valence-electron chi connectivity index (χ3n) is 15.3. The number of hydrogen-bond donors (Lipinski definition) is 6. The standard InChI is InChI=1S/C23H29N3O5.C22H26IN3O5.C22H27N3O5/c1-5-26(6-2)10-9-24-23(28)17-11-15(3)18(13-20(17)29-4)25-22(27)16-7-8-19-21(12-16)31-14-30-19;1-4-26(5-2)9-8-24-22(28)15-11-16(23)17(12-19(15)29-3)25-21(27)14-6-7-18-20(10-14)31-13-30-18;1-4-25(5-2)11-10-23-22(27)17-8-7-16(13-19(17)28-3)24-21(26)15-6-9-18-20(12-15)30-14-29-18/h7-8,11-13H,5-6,9-10,14H2,1-4H3,(H,24,28)(H,25,27);6-7,10-12H,4-5,8-9,13H2,1-3H3,(H,24,28)(H,25,27);6-9,12-13H,4-5,10-11,14H2,1-3H3,(H,23,27)(H,24,26)/i;23+4;. The first-order chi connectivity index (χ1) is 44.5. The van der Waals surface area contributed by atoms with Crippen molar-refractivity contribution in [2.75, 3.05) is 136 Å². The van der Waals surface area contributed by atoms with Gasteiger partial charge in [0.2, 0.25) is 20.4 Å². The molecule has 0 spiro atoms. The summed E-state index contributed by atoms with van der Waals surface area (Å²) in [5.74, 6) is 3.12. The Morgan fingerprint density at radius 3 is 1.15 bits per heavy atom. The Kier molecular flexibility index (Phi) is 26.8. The number of ether oxygens (including phenoxy) is 9. The van der Waals surface area contributed by atoms with Gasteiger partial charge in [-0.3, -0.25) is 28.8 Å². The molecule has 6 aromatic rings. The number of fused-ring (bicyclic) bond motifs is 3. The second kappa shape index (κ2) is 35.0. The summed E-state index contributed by atoms with van der Waals surface area (Å²) < 4.78 is 48.7. The van der Waals surface area contributed by atoms with Crippen LogP contribution in [0.25, 0.3) is 0 Å². The fraction of sp³-hybridized carbons (Fsp3) is 0.373. The molecular weight excluding hydrogens is 1300 g/mol. The summed E-state index contributed by atoms with van der Waals surface area (Å²) in [6, 6.07) is 26.7. The molecule has 0 fully saturated rings. The van der Waals surface area contributed by atoms with E-state index >= 15 is 0 Å². The Morgan fingerprint density at radius 2 is 0.750 bits per heavy atom. The Balaban J connectivity index is 0.000000196. The van der Waals surface area contributed by atoms with Crippen molar-refractivity contribution in [3.63, 3.8) is 0 Å². The molecule has 3 heterocycles. The summed E-state index contributed by atoms with van der Waals surface area (Å²) >= 11 is 2.09. The van der Waals surface area contributed by atoms with Gasteiger partial charge in [0, 0.05) is 89.1 Å². The molecule has 0 saturated heterocycles. The molecule has 0 aromatic heterocycles. The highest BCUT2D eigenvalue weighted by Crippen LogP contribution is 2.37. The number of nitrogens with zero attached hydrogens (tertiary/aromatic N) is 3. The second-order valence-corrected chi connectivity index (χ2v) is 21.9. The van der Waals surface area contributed by atoms with E-state index in [2.05, 4.69) is 111 Å². The fourth-order valence-electron chi connectivity index (χ4n) is 9.71. The van der Waals surface area contributed by atoms with E-state index in [0.29, 0.717) is 122 Å². The number of halogens is 1. The van der Waals surface area contributed by atoms with Crippen molar-refractivity contribution in [2.24, 2.45) is 0 Å². The van der Waals surface area contributed by atoms with Crippen LogP contribution < -0.4 is 74.5 Å². The highest BCUT2D eigenvalue weighted by molar-refractivity contribution is 14.1. The zero-order valence-corrected chi connectivity index (χ0v) is 55.8. The SMILES string of the molecule is CCN(CC)CCNC(=O)c1cc(C)c(NC(=O)c2ccc3c(c2)OCO3)cc1OC.CCN(CC)CCNC(=O)c1cc([131I])c(NC(=O)c2ccc3c(c2)OCO3)cc1OC.CCN(CC)CCNC(=O)c1ccc(NC(=O)c2ccc3c(c2)OCO3)cc1OC. The summed E-state index contributed by atoms with van der Waals surface area (Å²) in [5.41, 5.74) is 5.00. The van der Waals surface area contributed by atoms with Gasteiger partial charge in [-0.25, -0.2) is 0 Å². The quantitative estimate of drug-likeness (QED) is 0.0262. The van der Waals surface area contributed by atoms with Crippen LogP contribution in [0.2, 0.25) is 0 Å². The average molecular weight is 1380 g/mol. The lowest BCUT2D eigenvalue weighted by Crippen LogP contribution is -2.35. The van der Waals surface area contributed by atoms with Crippen LogP contribution in [0.3, 0.4) is 0 Å². The van der Waals surface area contributed by atoms with Crippen molar-refractivity contribution in [1.82, 2.24) is 30.7 Å². The lowest BCUT2D eigenvalue weighted by atomic mass is 10.1. The summed E-state index contributed by atoms with van der Waals surface area (Å²) in [7, 11) is 4.49. The number of aryl methyl sites for hydroxylation is 1. The van der Waals surface area contributed by atoms with E-state index in [9.17, 15) is 28.8 Å². The number of anilines is 3. The number of likely N-dealkylation sites (N-methyl/N-ethyl adjacent to an activating group) is 3. The van der Waals surface area contributed by atoms with Crippen molar-refractivity contribution in [3.8, 4) is 51.7 Å². The van der Waals surface area contributed by atoms with Gasteiger partial charge < -0.3 is 89.2 Å². The van der Waals surface area contributed by atoms with Crippen LogP contribution in [-0.4, -0.2) is 170 Å². The summed E-state index contributed by atoms with van der Waals surface area (Å²) in [6.45, 7) is 24.4. The molecule has 92 heavy (non-hydrogen) atoms. The van der Waals surface area contributed by atoms with Gasteiger partial charge in [0.15, 0.2) is 34.5 Å². The van der Waals surface area contributed by atoms with Crippen LogP contribution in [0.15, 0.2) is 97.1 Å². The molecule has 6 N–H and O–H groups in total. The molecule has 492 valence electrons. The van der Waals surface area contributed by atoms with E-state index in [4.69, 9.17) is 42.6 Å². The minimum Gasteiger partial charge on any atom is -0.496 e. The zero-order chi connectivity index (χ0) is 66.3. The third-order valence-corrected chi connectivity index (χ3v) is 16.1. The van der Waals surface area contributed by atoms with Crippen LogP contribution in [0, 0.1) is 10.5 Å². The first kappa shape index (κ1) is 70.4. The lowest BCUT2D eigenvalue weighted by molar-refractivity contribution is 0.0937. The minimum atomic E-state index is -0.299. The number of benzene rings is 6. The van der Waals surface area contributed by atoms with Crippen LogP contribution in [0.5, 0.6) is 51.7 Å². The maximum Gasteiger partial charge on any atom is 0.255 e. The van der Waals surface area contributed by atoms with E-state index in [1.165, 1.54) is 21.3 Å². The molecule has 0 radical (unpaired) electrons. The minimum absolute atomic E-state index is 0.147. The van der Waals surface area contributed by atoms with Gasteiger partial charge >= 0.3 is 0 Å². The highest BCUT2D eigenvalue weighted by Gasteiger charge is 2.24. The molecule has 0 atom stereocenters. The van der Waals surface area contributed by atoms with Gasteiger partial charge in [0.25, 0.3) is 35.4 Å². The Labute approximate surface area is 550 Å². The molecule has 6 aromatic carbocycles. The van der Waals surface area contributed by atoms with E-state index in [0.717, 1.165) is 68.0 Å².